The first-order valence-corrected chi connectivity index (χ1v) is 20.9. The van der Waals surface area contributed by atoms with Crippen LogP contribution in [-0.2, 0) is 35.4 Å². The summed E-state index contributed by atoms with van der Waals surface area (Å²) >= 11 is 18.3. The SMILES string of the molecule is COC(=O)c1nc(-c2ccc(Cl)c(OC)c2F)nc(NCc2ccccc2)c1CCc1ccccc1.COC(=O)c1nc(-c2ccc(Cl)c(OC)c2F)nc(NCc2ccccc2)c1Cl. The van der Waals surface area contributed by atoms with E-state index >= 15 is 4.39 Å². The fourth-order valence-electron chi connectivity index (χ4n) is 6.43. The summed E-state index contributed by atoms with van der Waals surface area (Å²) in [5.41, 5.74) is 3.60. The highest BCUT2D eigenvalue weighted by Gasteiger charge is 2.26. The molecule has 65 heavy (non-hydrogen) atoms. The lowest BCUT2D eigenvalue weighted by atomic mass is 10.0. The molecule has 7 rings (SSSR count). The van der Waals surface area contributed by atoms with Crippen LogP contribution in [-0.4, -0.2) is 60.3 Å². The molecule has 0 spiro atoms. The molecule has 5 aromatic carbocycles. The zero-order chi connectivity index (χ0) is 46.5. The third kappa shape index (κ3) is 11.6. The Bertz CT molecular complexity index is 2780. The summed E-state index contributed by atoms with van der Waals surface area (Å²) in [6.45, 7) is 0.826. The van der Waals surface area contributed by atoms with Gasteiger partial charge in [-0.3, -0.25) is 0 Å². The number of carbonyl (C=O) groups is 2. The first-order valence-electron chi connectivity index (χ1n) is 19.8. The molecule has 0 unspecified atom stereocenters. The highest BCUT2D eigenvalue weighted by atomic mass is 35.5. The molecule has 0 atom stereocenters. The van der Waals surface area contributed by atoms with Crippen LogP contribution in [0.2, 0.25) is 15.1 Å². The van der Waals surface area contributed by atoms with Crippen LogP contribution >= 0.6 is 34.8 Å². The first-order chi connectivity index (χ1) is 31.5. The lowest BCUT2D eigenvalue weighted by Gasteiger charge is -2.17. The molecule has 0 amide bonds. The van der Waals surface area contributed by atoms with Gasteiger partial charge in [0.25, 0.3) is 0 Å². The molecular weight excluding hydrogens is 901 g/mol. The lowest BCUT2D eigenvalue weighted by molar-refractivity contribution is 0.0584. The van der Waals surface area contributed by atoms with Crippen molar-refractivity contribution < 1.29 is 37.3 Å². The van der Waals surface area contributed by atoms with Gasteiger partial charge < -0.3 is 29.6 Å². The predicted molar refractivity (Wildman–Crippen MR) is 247 cm³/mol. The molecule has 12 nitrogen and oxygen atoms in total. The number of anilines is 2. The molecule has 0 aliphatic heterocycles. The van der Waals surface area contributed by atoms with Gasteiger partial charge in [0.15, 0.2) is 46.2 Å². The van der Waals surface area contributed by atoms with Crippen molar-refractivity contribution in [3.05, 3.63) is 176 Å². The number of hydrogen-bond donors (Lipinski definition) is 2. The average molecular weight is 942 g/mol. The molecule has 0 fully saturated rings. The smallest absolute Gasteiger partial charge is 0.358 e. The fraction of sp³-hybridized carbons (Fsp3) is 0.167. The number of nitrogens with one attached hydrogen (secondary N) is 2. The summed E-state index contributed by atoms with van der Waals surface area (Å²) in [5, 5.41) is 6.55. The third-order valence-corrected chi connectivity index (χ3v) is 10.7. The van der Waals surface area contributed by atoms with E-state index in [9.17, 15) is 14.0 Å². The van der Waals surface area contributed by atoms with Crippen LogP contribution in [0.1, 0.15) is 43.2 Å². The van der Waals surface area contributed by atoms with Gasteiger partial charge in [-0.1, -0.05) is 126 Å². The number of methoxy groups -OCH3 is 4. The van der Waals surface area contributed by atoms with Crippen LogP contribution < -0.4 is 20.1 Å². The molecule has 0 saturated heterocycles. The average Bonchev–Trinajstić information content (AvgIpc) is 3.33. The molecule has 2 heterocycles. The number of rotatable bonds is 15. The van der Waals surface area contributed by atoms with Crippen molar-refractivity contribution in [2.45, 2.75) is 25.9 Å². The van der Waals surface area contributed by atoms with Crippen molar-refractivity contribution in [1.82, 2.24) is 19.9 Å². The van der Waals surface area contributed by atoms with Gasteiger partial charge in [-0.25, -0.2) is 38.3 Å². The third-order valence-electron chi connectivity index (χ3n) is 9.72. The van der Waals surface area contributed by atoms with Crippen LogP contribution in [0, 0.1) is 11.6 Å². The molecule has 7 aromatic rings. The highest BCUT2D eigenvalue weighted by molar-refractivity contribution is 6.35. The van der Waals surface area contributed by atoms with Gasteiger partial charge in [0.05, 0.1) is 49.6 Å². The fourth-order valence-corrected chi connectivity index (χ4v) is 7.11. The molecule has 2 N–H and O–H groups in total. The Morgan fingerprint density at radius 3 is 1.40 bits per heavy atom. The van der Waals surface area contributed by atoms with Crippen LogP contribution in [0.25, 0.3) is 22.8 Å². The first kappa shape index (κ1) is 47.6. The Morgan fingerprint density at radius 1 is 0.523 bits per heavy atom. The molecule has 0 radical (unpaired) electrons. The quantitative estimate of drug-likeness (QED) is 0.0943. The van der Waals surface area contributed by atoms with Gasteiger partial charge in [0.1, 0.15) is 16.7 Å². The van der Waals surface area contributed by atoms with Gasteiger partial charge in [-0.15, -0.1) is 0 Å². The molecular formula is C48H41Cl3F2N6O6. The molecule has 0 bridgehead atoms. The van der Waals surface area contributed by atoms with Crippen molar-refractivity contribution >= 4 is 58.4 Å². The van der Waals surface area contributed by atoms with E-state index in [4.69, 9.17) is 53.8 Å². The number of halogens is 5. The van der Waals surface area contributed by atoms with E-state index in [1.807, 2.05) is 91.0 Å². The van der Waals surface area contributed by atoms with E-state index in [1.54, 1.807) is 0 Å². The molecule has 0 aliphatic rings. The van der Waals surface area contributed by atoms with E-state index in [-0.39, 0.29) is 66.5 Å². The largest absolute Gasteiger partial charge is 0.492 e. The zero-order valence-corrected chi connectivity index (χ0v) is 37.7. The Kier molecular flexibility index (Phi) is 16.6. The number of hydrogen-bond acceptors (Lipinski definition) is 12. The number of esters is 2. The van der Waals surface area contributed by atoms with Gasteiger partial charge in [-0.05, 0) is 53.8 Å². The Labute approximate surface area is 388 Å². The maximum atomic E-state index is 15.3. The maximum Gasteiger partial charge on any atom is 0.358 e. The van der Waals surface area contributed by atoms with E-state index in [0.29, 0.717) is 37.3 Å². The number of aromatic nitrogens is 4. The van der Waals surface area contributed by atoms with Crippen LogP contribution in [0.5, 0.6) is 11.5 Å². The Morgan fingerprint density at radius 2 is 0.938 bits per heavy atom. The minimum Gasteiger partial charge on any atom is -0.492 e. The Hall–Kier alpha value is -6.87. The second-order valence-corrected chi connectivity index (χ2v) is 15.0. The standard InChI is InChI=1S/C28H25ClFN3O3.C20H16Cl2FN3O3/c1-35-25-22(29)16-15-20(23(25)30)27-32-24(28(34)36-2)21(14-13-18-9-5-3-6-10-18)26(33-27)31-17-19-11-7-4-8-12-19;1-28-17-13(21)9-8-12(15(17)23)18-25-16(20(27)29-2)14(22)19(26-18)24-10-11-6-4-3-5-7-11/h3-12,15-16H,13-14,17H2,1-2H3,(H,31,32,33);3-9H,10H2,1-2H3,(H,24,25,26). The number of benzene rings is 5. The minimum atomic E-state index is -0.775. The van der Waals surface area contributed by atoms with Gasteiger partial charge in [0.2, 0.25) is 0 Å². The van der Waals surface area contributed by atoms with Crippen LogP contribution in [0.15, 0.2) is 115 Å². The summed E-state index contributed by atoms with van der Waals surface area (Å²) in [6.07, 6.45) is 1.12. The maximum absolute atomic E-state index is 15.3. The molecule has 0 aliphatic carbocycles. The number of ether oxygens (including phenoxy) is 4. The van der Waals surface area contributed by atoms with E-state index in [0.717, 1.165) is 16.7 Å². The monoisotopic (exact) mass is 940 g/mol. The van der Waals surface area contributed by atoms with E-state index in [1.165, 1.54) is 52.7 Å². The second kappa shape index (κ2) is 22.7. The number of carbonyl (C=O) groups excluding carboxylic acids is 2. The van der Waals surface area contributed by atoms with Gasteiger partial charge in [0, 0.05) is 18.7 Å². The number of aryl methyl sites for hydroxylation is 1. The van der Waals surface area contributed by atoms with E-state index < -0.39 is 23.6 Å². The molecule has 334 valence electrons. The summed E-state index contributed by atoms with van der Waals surface area (Å²) in [7, 11) is 5.11. The predicted octanol–water partition coefficient (Wildman–Crippen LogP) is 11.1. The second-order valence-electron chi connectivity index (χ2n) is 13.8. The topological polar surface area (TPSA) is 147 Å². The van der Waals surface area contributed by atoms with Crippen LogP contribution in [0.3, 0.4) is 0 Å². The molecule has 0 saturated carbocycles. The minimum absolute atomic E-state index is 0.00386. The van der Waals surface area contributed by atoms with E-state index in [2.05, 4.69) is 30.6 Å². The lowest BCUT2D eigenvalue weighted by Crippen LogP contribution is -2.16. The highest BCUT2D eigenvalue weighted by Crippen LogP contribution is 2.37. The number of nitrogens with zero attached hydrogens (tertiary/aromatic N) is 4. The van der Waals surface area contributed by atoms with Gasteiger partial charge >= 0.3 is 11.9 Å². The van der Waals surface area contributed by atoms with Gasteiger partial charge in [-0.2, -0.15) is 0 Å². The zero-order valence-electron chi connectivity index (χ0n) is 35.4. The summed E-state index contributed by atoms with van der Waals surface area (Å²) in [4.78, 5) is 42.5. The van der Waals surface area contributed by atoms with Crippen molar-refractivity contribution in [2.24, 2.45) is 0 Å². The van der Waals surface area contributed by atoms with Crippen molar-refractivity contribution in [2.75, 3.05) is 39.1 Å². The molecule has 17 heteroatoms. The van der Waals surface area contributed by atoms with Crippen molar-refractivity contribution in [3.63, 3.8) is 0 Å². The van der Waals surface area contributed by atoms with Crippen molar-refractivity contribution in [3.8, 4) is 34.3 Å². The normalized spacial score (nSPS) is 10.6. The van der Waals surface area contributed by atoms with Crippen LogP contribution in [0.4, 0.5) is 20.4 Å². The Balaban J connectivity index is 0.000000221. The van der Waals surface area contributed by atoms with Crippen molar-refractivity contribution in [1.29, 1.82) is 0 Å². The molecule has 2 aromatic heterocycles. The summed E-state index contributed by atoms with van der Waals surface area (Å²) in [5.74, 6) is -2.62. The summed E-state index contributed by atoms with van der Waals surface area (Å²) < 4.78 is 50.0. The summed E-state index contributed by atoms with van der Waals surface area (Å²) in [6, 6.07) is 35.0.